The maximum atomic E-state index is 12.5. The number of nitrogens with zero attached hydrogens (tertiary/aromatic N) is 4. The molecule has 6 nitrogen and oxygen atoms in total. The van der Waals surface area contributed by atoms with E-state index >= 15 is 0 Å². The zero-order chi connectivity index (χ0) is 17.1. The minimum Gasteiger partial charge on any atom is -0.424 e. The molecular weight excluding hydrogens is 304 g/mol. The van der Waals surface area contributed by atoms with Gasteiger partial charge < -0.3 is 9.32 Å². The van der Waals surface area contributed by atoms with Crippen LogP contribution in [0.4, 0.5) is 0 Å². The summed E-state index contributed by atoms with van der Waals surface area (Å²) in [6, 6.07) is 8.25. The zero-order valence-electron chi connectivity index (χ0n) is 14.5. The molecule has 0 bridgehead atoms. The fourth-order valence-electron chi connectivity index (χ4n) is 2.99. The molecule has 0 aliphatic carbocycles. The fraction of sp³-hybridized carbons (Fsp3) is 0.500. The Labute approximate surface area is 142 Å². The monoisotopic (exact) mass is 328 g/mol. The van der Waals surface area contributed by atoms with Crippen molar-refractivity contribution in [1.29, 1.82) is 0 Å². The van der Waals surface area contributed by atoms with Crippen molar-refractivity contribution in [3.8, 4) is 0 Å². The Morgan fingerprint density at radius 1 is 1.12 bits per heavy atom. The first-order valence-corrected chi connectivity index (χ1v) is 8.40. The lowest BCUT2D eigenvalue weighted by Crippen LogP contribution is -2.49. The number of piperazine rings is 1. The van der Waals surface area contributed by atoms with Gasteiger partial charge in [0.15, 0.2) is 0 Å². The van der Waals surface area contributed by atoms with Crippen LogP contribution >= 0.6 is 0 Å². The van der Waals surface area contributed by atoms with Crippen LogP contribution in [0.2, 0.25) is 0 Å². The molecule has 24 heavy (non-hydrogen) atoms. The molecule has 1 aromatic heterocycles. The van der Waals surface area contributed by atoms with E-state index in [9.17, 15) is 4.79 Å². The van der Waals surface area contributed by atoms with Crippen LogP contribution in [-0.2, 0) is 11.2 Å². The minimum absolute atomic E-state index is 0.0838. The third-order valence-corrected chi connectivity index (χ3v) is 4.59. The molecule has 1 aliphatic rings. The van der Waals surface area contributed by atoms with Gasteiger partial charge in [-0.15, -0.1) is 10.2 Å². The van der Waals surface area contributed by atoms with Gasteiger partial charge >= 0.3 is 0 Å². The standard InChI is InChI=1S/C18H24N4O2/c1-13-4-6-16(7-5-13)12-17(23)22-10-8-21(9-11-22)14(2)18-20-19-15(3)24-18/h4-7,14H,8-12H2,1-3H3/t14-/m0/s1. The third kappa shape index (κ3) is 3.82. The maximum Gasteiger partial charge on any atom is 0.233 e. The summed E-state index contributed by atoms with van der Waals surface area (Å²) in [5, 5.41) is 7.99. The molecule has 0 saturated carbocycles. The fourth-order valence-corrected chi connectivity index (χ4v) is 2.99. The van der Waals surface area contributed by atoms with Gasteiger partial charge in [0.2, 0.25) is 17.7 Å². The summed E-state index contributed by atoms with van der Waals surface area (Å²) in [5.41, 5.74) is 2.28. The highest BCUT2D eigenvalue weighted by Crippen LogP contribution is 2.20. The van der Waals surface area contributed by atoms with Crippen molar-refractivity contribution in [2.75, 3.05) is 26.2 Å². The molecule has 0 N–H and O–H groups in total. The van der Waals surface area contributed by atoms with Crippen LogP contribution in [0.5, 0.6) is 0 Å². The summed E-state index contributed by atoms with van der Waals surface area (Å²) in [6.45, 7) is 9.04. The predicted octanol–water partition coefficient (Wildman–Crippen LogP) is 2.13. The van der Waals surface area contributed by atoms with Crippen LogP contribution in [0.25, 0.3) is 0 Å². The van der Waals surface area contributed by atoms with E-state index in [1.165, 1.54) is 5.56 Å². The van der Waals surface area contributed by atoms with Gasteiger partial charge in [0.25, 0.3) is 0 Å². The highest BCUT2D eigenvalue weighted by atomic mass is 16.4. The number of carbonyl (C=O) groups excluding carboxylic acids is 1. The average Bonchev–Trinajstić information content (AvgIpc) is 3.03. The van der Waals surface area contributed by atoms with E-state index in [4.69, 9.17) is 4.42 Å². The third-order valence-electron chi connectivity index (χ3n) is 4.59. The molecule has 1 atom stereocenters. The second-order valence-corrected chi connectivity index (χ2v) is 6.41. The second-order valence-electron chi connectivity index (χ2n) is 6.41. The van der Waals surface area contributed by atoms with Gasteiger partial charge in [-0.25, -0.2) is 0 Å². The van der Waals surface area contributed by atoms with E-state index in [2.05, 4.69) is 41.1 Å². The van der Waals surface area contributed by atoms with Crippen LogP contribution in [0.3, 0.4) is 0 Å². The van der Waals surface area contributed by atoms with E-state index in [1.54, 1.807) is 6.92 Å². The first-order valence-electron chi connectivity index (χ1n) is 8.40. The van der Waals surface area contributed by atoms with Crippen LogP contribution in [0.15, 0.2) is 28.7 Å². The molecule has 3 rings (SSSR count). The Bertz CT molecular complexity index is 687. The summed E-state index contributed by atoms with van der Waals surface area (Å²) >= 11 is 0. The smallest absolute Gasteiger partial charge is 0.233 e. The Kier molecular flexibility index (Phi) is 4.94. The predicted molar refractivity (Wildman–Crippen MR) is 90.5 cm³/mol. The lowest BCUT2D eigenvalue weighted by Gasteiger charge is -2.37. The number of benzene rings is 1. The maximum absolute atomic E-state index is 12.5. The number of hydrogen-bond donors (Lipinski definition) is 0. The van der Waals surface area contributed by atoms with Gasteiger partial charge in [-0.05, 0) is 19.4 Å². The minimum atomic E-state index is 0.0838. The molecular formula is C18H24N4O2. The molecule has 6 heteroatoms. The number of rotatable bonds is 4. The Morgan fingerprint density at radius 2 is 1.79 bits per heavy atom. The van der Waals surface area contributed by atoms with Gasteiger partial charge in [-0.2, -0.15) is 0 Å². The number of aromatic nitrogens is 2. The molecule has 128 valence electrons. The van der Waals surface area contributed by atoms with Crippen molar-refractivity contribution in [1.82, 2.24) is 20.0 Å². The quantitative estimate of drug-likeness (QED) is 0.860. The largest absolute Gasteiger partial charge is 0.424 e. The summed E-state index contributed by atoms with van der Waals surface area (Å²) in [4.78, 5) is 16.7. The zero-order valence-corrected chi connectivity index (χ0v) is 14.5. The summed E-state index contributed by atoms with van der Waals surface area (Å²) in [5.74, 6) is 1.43. The van der Waals surface area contributed by atoms with Gasteiger partial charge in [-0.3, -0.25) is 9.69 Å². The summed E-state index contributed by atoms with van der Waals surface area (Å²) < 4.78 is 5.52. The molecule has 1 fully saturated rings. The van der Waals surface area contributed by atoms with Crippen molar-refractivity contribution in [2.24, 2.45) is 0 Å². The van der Waals surface area contributed by atoms with Gasteiger partial charge in [0.1, 0.15) is 0 Å². The van der Waals surface area contributed by atoms with Crippen LogP contribution in [0.1, 0.15) is 35.9 Å². The van der Waals surface area contributed by atoms with Crippen LogP contribution < -0.4 is 0 Å². The Hall–Kier alpha value is -2.21. The number of amides is 1. The first kappa shape index (κ1) is 16.6. The normalized spacial score (nSPS) is 17.0. The van der Waals surface area contributed by atoms with Crippen LogP contribution in [0, 0.1) is 13.8 Å². The second kappa shape index (κ2) is 7.13. The molecule has 2 aromatic rings. The van der Waals surface area contributed by atoms with Gasteiger partial charge in [-0.1, -0.05) is 29.8 Å². The summed E-state index contributed by atoms with van der Waals surface area (Å²) in [6.07, 6.45) is 0.471. The SMILES string of the molecule is Cc1ccc(CC(=O)N2CCN([C@@H](C)c3nnc(C)o3)CC2)cc1. The lowest BCUT2D eigenvalue weighted by molar-refractivity contribution is -0.132. The van der Waals surface area contributed by atoms with Crippen molar-refractivity contribution in [3.63, 3.8) is 0 Å². The molecule has 0 radical (unpaired) electrons. The van der Waals surface area contributed by atoms with Crippen molar-refractivity contribution < 1.29 is 9.21 Å². The van der Waals surface area contributed by atoms with Crippen molar-refractivity contribution in [2.45, 2.75) is 33.2 Å². The van der Waals surface area contributed by atoms with Crippen LogP contribution in [-0.4, -0.2) is 52.1 Å². The van der Waals surface area contributed by atoms with Crippen molar-refractivity contribution >= 4 is 5.91 Å². The van der Waals surface area contributed by atoms with Gasteiger partial charge in [0, 0.05) is 33.1 Å². The number of hydrogen-bond acceptors (Lipinski definition) is 5. The molecule has 0 spiro atoms. The molecule has 1 saturated heterocycles. The molecule has 1 aliphatic heterocycles. The molecule has 2 heterocycles. The Balaban J connectivity index is 1.52. The van der Waals surface area contributed by atoms with E-state index in [1.807, 2.05) is 17.0 Å². The number of carbonyl (C=O) groups is 1. The van der Waals surface area contributed by atoms with E-state index in [0.29, 0.717) is 18.2 Å². The van der Waals surface area contributed by atoms with E-state index in [0.717, 1.165) is 31.7 Å². The highest BCUT2D eigenvalue weighted by Gasteiger charge is 2.27. The number of aryl methyl sites for hydroxylation is 2. The van der Waals surface area contributed by atoms with E-state index < -0.39 is 0 Å². The van der Waals surface area contributed by atoms with Crippen molar-refractivity contribution in [3.05, 3.63) is 47.2 Å². The van der Waals surface area contributed by atoms with E-state index in [-0.39, 0.29) is 11.9 Å². The first-order chi connectivity index (χ1) is 11.5. The molecule has 1 amide bonds. The summed E-state index contributed by atoms with van der Waals surface area (Å²) in [7, 11) is 0. The Morgan fingerprint density at radius 3 is 2.38 bits per heavy atom. The molecule has 0 unspecified atom stereocenters. The highest BCUT2D eigenvalue weighted by molar-refractivity contribution is 5.78. The molecule has 1 aromatic carbocycles. The average molecular weight is 328 g/mol. The lowest BCUT2D eigenvalue weighted by atomic mass is 10.1. The van der Waals surface area contributed by atoms with Gasteiger partial charge in [0.05, 0.1) is 12.5 Å². The topological polar surface area (TPSA) is 62.5 Å².